The van der Waals surface area contributed by atoms with Crippen molar-refractivity contribution >= 4 is 0 Å². The van der Waals surface area contributed by atoms with Crippen LogP contribution in [-0.2, 0) is 6.54 Å². The van der Waals surface area contributed by atoms with Crippen molar-refractivity contribution in [2.24, 2.45) is 5.92 Å². The first kappa shape index (κ1) is 15.5. The lowest BCUT2D eigenvalue weighted by molar-refractivity contribution is 0.0885. The molecule has 112 valence electrons. The van der Waals surface area contributed by atoms with Crippen LogP contribution in [0.3, 0.4) is 0 Å². The minimum Gasteiger partial charge on any atom is -0.311 e. The first-order chi connectivity index (χ1) is 9.60. The predicted molar refractivity (Wildman–Crippen MR) is 86.9 cm³/mol. The van der Waals surface area contributed by atoms with Crippen LogP contribution in [0.4, 0.5) is 0 Å². The van der Waals surface area contributed by atoms with Crippen LogP contribution in [-0.4, -0.2) is 30.1 Å². The Morgan fingerprint density at radius 2 is 1.95 bits per heavy atom. The lowest BCUT2D eigenvalue weighted by atomic mass is 9.96. The van der Waals surface area contributed by atoms with Crippen molar-refractivity contribution in [1.29, 1.82) is 0 Å². The molecular weight excluding hydrogens is 244 g/mol. The van der Waals surface area contributed by atoms with Crippen LogP contribution in [0.1, 0.15) is 44.7 Å². The van der Waals surface area contributed by atoms with Gasteiger partial charge < -0.3 is 5.32 Å². The van der Waals surface area contributed by atoms with Crippen LogP contribution >= 0.6 is 0 Å². The highest BCUT2D eigenvalue weighted by molar-refractivity contribution is 5.21. The molecule has 1 aliphatic heterocycles. The monoisotopic (exact) mass is 274 g/mol. The molecule has 2 nitrogen and oxygen atoms in total. The quantitative estimate of drug-likeness (QED) is 0.882. The van der Waals surface area contributed by atoms with E-state index in [0.29, 0.717) is 18.0 Å². The van der Waals surface area contributed by atoms with Gasteiger partial charge in [0.15, 0.2) is 0 Å². The fourth-order valence-electron chi connectivity index (χ4n) is 3.21. The first-order valence-corrected chi connectivity index (χ1v) is 8.13. The smallest absolute Gasteiger partial charge is 0.0247 e. The third-order valence-electron chi connectivity index (χ3n) is 4.45. The molecule has 1 saturated heterocycles. The molecule has 1 aromatic carbocycles. The molecule has 1 aromatic rings. The Hall–Kier alpha value is -0.860. The van der Waals surface area contributed by atoms with Gasteiger partial charge in [-0.25, -0.2) is 0 Å². The van der Waals surface area contributed by atoms with Gasteiger partial charge in [-0.05, 0) is 24.8 Å². The number of benzene rings is 1. The number of nitrogens with one attached hydrogen (secondary N) is 1. The van der Waals surface area contributed by atoms with Gasteiger partial charge in [-0.15, -0.1) is 0 Å². The van der Waals surface area contributed by atoms with E-state index < -0.39 is 0 Å². The SMILES string of the molecule is CCCC1CN(Cc2ccc(C)cc2)C(C(C)C)CN1. The number of hydrogen-bond donors (Lipinski definition) is 1. The van der Waals surface area contributed by atoms with Gasteiger partial charge in [-0.3, -0.25) is 4.90 Å². The average Bonchev–Trinajstić information content (AvgIpc) is 2.42. The maximum absolute atomic E-state index is 3.73. The number of aryl methyl sites for hydroxylation is 1. The lowest BCUT2D eigenvalue weighted by Gasteiger charge is -2.42. The second kappa shape index (κ2) is 7.24. The molecule has 0 spiro atoms. The van der Waals surface area contributed by atoms with E-state index in [1.807, 2.05) is 0 Å². The topological polar surface area (TPSA) is 15.3 Å². The molecule has 1 aliphatic rings. The van der Waals surface area contributed by atoms with Gasteiger partial charge >= 0.3 is 0 Å². The van der Waals surface area contributed by atoms with Crippen molar-refractivity contribution in [3.8, 4) is 0 Å². The molecule has 0 aromatic heterocycles. The van der Waals surface area contributed by atoms with E-state index in [1.165, 1.54) is 30.5 Å². The molecule has 0 aliphatic carbocycles. The highest BCUT2D eigenvalue weighted by Crippen LogP contribution is 2.20. The summed E-state index contributed by atoms with van der Waals surface area (Å²) in [5, 5.41) is 3.73. The fraction of sp³-hybridized carbons (Fsp3) is 0.667. The van der Waals surface area contributed by atoms with Gasteiger partial charge in [0.05, 0.1) is 0 Å². The Morgan fingerprint density at radius 3 is 2.55 bits per heavy atom. The number of nitrogens with zero attached hydrogens (tertiary/aromatic N) is 1. The van der Waals surface area contributed by atoms with Crippen molar-refractivity contribution in [3.63, 3.8) is 0 Å². The summed E-state index contributed by atoms with van der Waals surface area (Å²) in [6.45, 7) is 12.5. The molecule has 1 heterocycles. The van der Waals surface area contributed by atoms with E-state index in [2.05, 4.69) is 62.2 Å². The zero-order valence-corrected chi connectivity index (χ0v) is 13.5. The van der Waals surface area contributed by atoms with Crippen LogP contribution in [0.2, 0.25) is 0 Å². The summed E-state index contributed by atoms with van der Waals surface area (Å²) in [7, 11) is 0. The molecule has 0 radical (unpaired) electrons. The summed E-state index contributed by atoms with van der Waals surface area (Å²) in [6.07, 6.45) is 2.55. The van der Waals surface area contributed by atoms with Gasteiger partial charge in [-0.2, -0.15) is 0 Å². The molecule has 2 atom stereocenters. The molecule has 0 amide bonds. The number of hydrogen-bond acceptors (Lipinski definition) is 2. The normalized spacial score (nSPS) is 24.2. The Morgan fingerprint density at radius 1 is 1.25 bits per heavy atom. The van der Waals surface area contributed by atoms with Crippen LogP contribution in [0.15, 0.2) is 24.3 Å². The summed E-state index contributed by atoms with van der Waals surface area (Å²) in [5.74, 6) is 0.704. The highest BCUT2D eigenvalue weighted by Gasteiger charge is 2.29. The van der Waals surface area contributed by atoms with Gasteiger partial charge in [0.1, 0.15) is 0 Å². The Bertz CT molecular complexity index is 396. The van der Waals surface area contributed by atoms with Crippen molar-refractivity contribution in [3.05, 3.63) is 35.4 Å². The van der Waals surface area contributed by atoms with E-state index in [9.17, 15) is 0 Å². The zero-order chi connectivity index (χ0) is 14.5. The zero-order valence-electron chi connectivity index (χ0n) is 13.5. The van der Waals surface area contributed by atoms with Crippen molar-refractivity contribution in [1.82, 2.24) is 10.2 Å². The van der Waals surface area contributed by atoms with Crippen molar-refractivity contribution < 1.29 is 0 Å². The minimum absolute atomic E-state index is 0.657. The highest BCUT2D eigenvalue weighted by atomic mass is 15.2. The van der Waals surface area contributed by atoms with E-state index in [0.717, 1.165) is 13.1 Å². The van der Waals surface area contributed by atoms with Crippen LogP contribution in [0, 0.1) is 12.8 Å². The molecule has 1 fully saturated rings. The summed E-state index contributed by atoms with van der Waals surface area (Å²) >= 11 is 0. The summed E-state index contributed by atoms with van der Waals surface area (Å²) in [4.78, 5) is 2.69. The summed E-state index contributed by atoms with van der Waals surface area (Å²) < 4.78 is 0. The van der Waals surface area contributed by atoms with Crippen molar-refractivity contribution in [2.45, 2.75) is 59.2 Å². The number of rotatable bonds is 5. The average molecular weight is 274 g/mol. The van der Waals surface area contributed by atoms with E-state index >= 15 is 0 Å². The van der Waals surface area contributed by atoms with Crippen LogP contribution < -0.4 is 5.32 Å². The predicted octanol–water partition coefficient (Wildman–Crippen LogP) is 3.59. The third kappa shape index (κ3) is 4.07. The van der Waals surface area contributed by atoms with Gasteiger partial charge in [0.2, 0.25) is 0 Å². The lowest BCUT2D eigenvalue weighted by Crippen LogP contribution is -2.57. The molecule has 1 N–H and O–H groups in total. The van der Waals surface area contributed by atoms with Crippen molar-refractivity contribution in [2.75, 3.05) is 13.1 Å². The summed E-state index contributed by atoms with van der Waals surface area (Å²) in [6, 6.07) is 10.3. The van der Waals surface area contributed by atoms with Crippen LogP contribution in [0.25, 0.3) is 0 Å². The summed E-state index contributed by atoms with van der Waals surface area (Å²) in [5.41, 5.74) is 2.79. The second-order valence-electron chi connectivity index (χ2n) is 6.62. The van der Waals surface area contributed by atoms with E-state index in [4.69, 9.17) is 0 Å². The molecule has 2 unspecified atom stereocenters. The Kier molecular flexibility index (Phi) is 5.62. The molecule has 0 bridgehead atoms. The van der Waals surface area contributed by atoms with E-state index in [-0.39, 0.29) is 0 Å². The number of piperazine rings is 1. The maximum atomic E-state index is 3.73. The van der Waals surface area contributed by atoms with E-state index in [1.54, 1.807) is 0 Å². The van der Waals surface area contributed by atoms with Crippen LogP contribution in [0.5, 0.6) is 0 Å². The van der Waals surface area contributed by atoms with Gasteiger partial charge in [0, 0.05) is 31.7 Å². The molecule has 20 heavy (non-hydrogen) atoms. The van der Waals surface area contributed by atoms with Gasteiger partial charge in [0.25, 0.3) is 0 Å². The molecule has 0 saturated carbocycles. The molecule has 2 rings (SSSR count). The molecular formula is C18H30N2. The fourth-order valence-corrected chi connectivity index (χ4v) is 3.21. The first-order valence-electron chi connectivity index (χ1n) is 8.13. The third-order valence-corrected chi connectivity index (χ3v) is 4.45. The molecule has 2 heteroatoms. The minimum atomic E-state index is 0.657. The largest absolute Gasteiger partial charge is 0.311 e. The standard InChI is InChI=1S/C18H30N2/c1-5-6-17-13-20(18(11-19-17)14(2)3)12-16-9-7-15(4)8-10-16/h7-10,14,17-19H,5-6,11-13H2,1-4H3. The second-order valence-corrected chi connectivity index (χ2v) is 6.62. The maximum Gasteiger partial charge on any atom is 0.0247 e. The Balaban J connectivity index is 2.04. The Labute approximate surface area is 124 Å². The van der Waals surface area contributed by atoms with Gasteiger partial charge in [-0.1, -0.05) is 57.0 Å².